The molecule has 1 heterocycles. The van der Waals surface area contributed by atoms with E-state index < -0.39 is 5.82 Å². The highest BCUT2D eigenvalue weighted by Gasteiger charge is 2.38. The number of hydrogen-bond donors (Lipinski definition) is 1. The zero-order chi connectivity index (χ0) is 14.2. The Balaban J connectivity index is 1.69. The minimum absolute atomic E-state index is 0.0935. The van der Waals surface area contributed by atoms with Crippen LogP contribution in [0.3, 0.4) is 0 Å². The first-order chi connectivity index (χ1) is 9.58. The molecule has 3 rings (SSSR count). The number of benzene rings is 1. The largest absolute Gasteiger partial charge is 0.399 e. The number of nitrogen functional groups attached to an aromatic ring is 1. The molecule has 108 valence electrons. The van der Waals surface area contributed by atoms with Crippen molar-refractivity contribution < 1.29 is 9.18 Å². The monoisotopic (exact) mass is 276 g/mol. The SMILES string of the molecule is Nc1cc(F)cc(C(=O)N2CCC3(CCCC3)CC2)c1. The van der Waals surface area contributed by atoms with E-state index in [4.69, 9.17) is 5.73 Å². The molecule has 1 amide bonds. The molecular weight excluding hydrogens is 255 g/mol. The van der Waals surface area contributed by atoms with Crippen molar-refractivity contribution in [2.24, 2.45) is 5.41 Å². The standard InChI is InChI=1S/C16H21FN2O/c17-13-9-12(10-14(18)11-13)15(20)19-7-5-16(6-8-19)3-1-2-4-16/h9-11H,1-8,18H2. The van der Waals surface area contributed by atoms with Gasteiger partial charge in [-0.05, 0) is 49.3 Å². The van der Waals surface area contributed by atoms with Crippen molar-refractivity contribution in [3.8, 4) is 0 Å². The van der Waals surface area contributed by atoms with Crippen LogP contribution in [0.4, 0.5) is 10.1 Å². The van der Waals surface area contributed by atoms with Crippen LogP contribution in [0.2, 0.25) is 0 Å². The molecule has 1 spiro atoms. The van der Waals surface area contributed by atoms with E-state index in [1.54, 1.807) is 6.07 Å². The van der Waals surface area contributed by atoms with Gasteiger partial charge in [0.2, 0.25) is 0 Å². The van der Waals surface area contributed by atoms with Crippen LogP contribution in [-0.2, 0) is 0 Å². The van der Waals surface area contributed by atoms with Crippen molar-refractivity contribution in [1.82, 2.24) is 4.90 Å². The number of amides is 1. The molecule has 0 bridgehead atoms. The lowest BCUT2D eigenvalue weighted by molar-refractivity contribution is 0.0587. The maximum atomic E-state index is 13.3. The topological polar surface area (TPSA) is 46.3 Å². The number of piperidine rings is 1. The summed E-state index contributed by atoms with van der Waals surface area (Å²) in [5.74, 6) is -0.540. The van der Waals surface area contributed by atoms with Crippen molar-refractivity contribution in [3.05, 3.63) is 29.6 Å². The van der Waals surface area contributed by atoms with Crippen LogP contribution in [0.15, 0.2) is 18.2 Å². The number of hydrogen-bond acceptors (Lipinski definition) is 2. The number of rotatable bonds is 1. The normalized spacial score (nSPS) is 21.4. The average Bonchev–Trinajstić information content (AvgIpc) is 2.86. The van der Waals surface area contributed by atoms with E-state index in [9.17, 15) is 9.18 Å². The van der Waals surface area contributed by atoms with Gasteiger partial charge >= 0.3 is 0 Å². The maximum absolute atomic E-state index is 13.3. The molecule has 2 N–H and O–H groups in total. The predicted molar refractivity (Wildman–Crippen MR) is 76.9 cm³/mol. The van der Waals surface area contributed by atoms with E-state index in [2.05, 4.69) is 0 Å². The Kier molecular flexibility index (Phi) is 3.40. The second kappa shape index (κ2) is 5.08. The van der Waals surface area contributed by atoms with E-state index in [1.165, 1.54) is 37.8 Å². The summed E-state index contributed by atoms with van der Waals surface area (Å²) in [5.41, 5.74) is 6.76. The van der Waals surface area contributed by atoms with Gasteiger partial charge in [-0.15, -0.1) is 0 Å². The number of anilines is 1. The molecule has 0 unspecified atom stereocenters. The van der Waals surface area contributed by atoms with Crippen molar-refractivity contribution in [3.63, 3.8) is 0 Å². The van der Waals surface area contributed by atoms with Crippen LogP contribution < -0.4 is 5.73 Å². The summed E-state index contributed by atoms with van der Waals surface area (Å²) in [6, 6.07) is 4.07. The Morgan fingerprint density at radius 1 is 1.10 bits per heavy atom. The molecule has 1 saturated heterocycles. The van der Waals surface area contributed by atoms with Crippen LogP contribution in [-0.4, -0.2) is 23.9 Å². The van der Waals surface area contributed by atoms with Crippen molar-refractivity contribution in [2.75, 3.05) is 18.8 Å². The van der Waals surface area contributed by atoms with Crippen molar-refractivity contribution >= 4 is 11.6 Å². The first-order valence-electron chi connectivity index (χ1n) is 7.43. The smallest absolute Gasteiger partial charge is 0.254 e. The van der Waals surface area contributed by atoms with Gasteiger partial charge in [0.25, 0.3) is 5.91 Å². The fourth-order valence-electron chi connectivity index (χ4n) is 3.73. The summed E-state index contributed by atoms with van der Waals surface area (Å²) in [6.07, 6.45) is 7.44. The van der Waals surface area contributed by atoms with Gasteiger partial charge in [-0.1, -0.05) is 12.8 Å². The molecule has 0 radical (unpaired) electrons. The van der Waals surface area contributed by atoms with Crippen LogP contribution in [0.1, 0.15) is 48.9 Å². The molecule has 2 fully saturated rings. The molecule has 1 aromatic carbocycles. The lowest BCUT2D eigenvalue weighted by atomic mass is 9.77. The van der Waals surface area contributed by atoms with Gasteiger partial charge in [0, 0.05) is 24.3 Å². The molecule has 1 aromatic rings. The summed E-state index contributed by atoms with van der Waals surface area (Å²) < 4.78 is 13.3. The molecule has 1 aliphatic carbocycles. The number of nitrogens with zero attached hydrogens (tertiary/aromatic N) is 1. The third-order valence-corrected chi connectivity index (χ3v) is 4.94. The third-order valence-electron chi connectivity index (χ3n) is 4.94. The lowest BCUT2D eigenvalue weighted by Gasteiger charge is -2.39. The first-order valence-corrected chi connectivity index (χ1v) is 7.43. The van der Waals surface area contributed by atoms with Crippen LogP contribution in [0.5, 0.6) is 0 Å². The zero-order valence-corrected chi connectivity index (χ0v) is 11.7. The van der Waals surface area contributed by atoms with Gasteiger partial charge in [-0.2, -0.15) is 0 Å². The summed E-state index contributed by atoms with van der Waals surface area (Å²) in [5, 5.41) is 0. The molecule has 1 aliphatic heterocycles. The second-order valence-electron chi connectivity index (χ2n) is 6.27. The quantitative estimate of drug-likeness (QED) is 0.801. The van der Waals surface area contributed by atoms with E-state index in [0.29, 0.717) is 16.7 Å². The van der Waals surface area contributed by atoms with Crippen molar-refractivity contribution in [2.45, 2.75) is 38.5 Å². The third kappa shape index (κ3) is 2.51. The van der Waals surface area contributed by atoms with Gasteiger partial charge in [-0.25, -0.2) is 4.39 Å². The van der Waals surface area contributed by atoms with E-state index in [0.717, 1.165) is 25.9 Å². The molecule has 1 saturated carbocycles. The molecule has 0 aromatic heterocycles. The van der Waals surface area contributed by atoms with E-state index in [-0.39, 0.29) is 5.91 Å². The van der Waals surface area contributed by atoms with E-state index >= 15 is 0 Å². The Morgan fingerprint density at radius 3 is 2.35 bits per heavy atom. The fourth-order valence-corrected chi connectivity index (χ4v) is 3.73. The van der Waals surface area contributed by atoms with Crippen LogP contribution in [0, 0.1) is 11.2 Å². The summed E-state index contributed by atoms with van der Waals surface area (Å²) in [7, 11) is 0. The number of halogens is 1. The Bertz CT molecular complexity index is 493. The Morgan fingerprint density at radius 2 is 1.75 bits per heavy atom. The highest BCUT2D eigenvalue weighted by Crippen LogP contribution is 2.46. The number of nitrogens with two attached hydrogens (primary N) is 1. The van der Waals surface area contributed by atoms with E-state index in [1.807, 2.05) is 4.90 Å². The zero-order valence-electron chi connectivity index (χ0n) is 11.7. The minimum Gasteiger partial charge on any atom is -0.399 e. The van der Waals surface area contributed by atoms with Gasteiger partial charge in [0.1, 0.15) is 5.82 Å². The fraction of sp³-hybridized carbons (Fsp3) is 0.562. The minimum atomic E-state index is -0.447. The summed E-state index contributed by atoms with van der Waals surface area (Å²) in [4.78, 5) is 14.3. The second-order valence-corrected chi connectivity index (χ2v) is 6.27. The maximum Gasteiger partial charge on any atom is 0.254 e. The predicted octanol–water partition coefficient (Wildman–Crippen LogP) is 3.20. The summed E-state index contributed by atoms with van der Waals surface area (Å²) in [6.45, 7) is 1.57. The van der Waals surface area contributed by atoms with Gasteiger partial charge in [0.05, 0.1) is 0 Å². The molecule has 3 nitrogen and oxygen atoms in total. The molecule has 20 heavy (non-hydrogen) atoms. The highest BCUT2D eigenvalue weighted by atomic mass is 19.1. The number of likely N-dealkylation sites (tertiary alicyclic amines) is 1. The van der Waals surface area contributed by atoms with Crippen molar-refractivity contribution in [1.29, 1.82) is 0 Å². The first kappa shape index (κ1) is 13.4. The van der Waals surface area contributed by atoms with Gasteiger partial charge in [-0.3, -0.25) is 4.79 Å². The molecule has 2 aliphatic rings. The van der Waals surface area contributed by atoms with Gasteiger partial charge in [0.15, 0.2) is 0 Å². The number of carbonyl (C=O) groups excluding carboxylic acids is 1. The number of carbonyl (C=O) groups is 1. The Labute approximate surface area is 118 Å². The lowest BCUT2D eigenvalue weighted by Crippen LogP contribution is -2.42. The average molecular weight is 276 g/mol. The molecular formula is C16H21FN2O. The summed E-state index contributed by atoms with van der Waals surface area (Å²) >= 11 is 0. The van der Waals surface area contributed by atoms with Gasteiger partial charge < -0.3 is 10.6 Å². The molecule has 4 heteroatoms. The van der Waals surface area contributed by atoms with Crippen LogP contribution in [0.25, 0.3) is 0 Å². The molecule has 0 atom stereocenters. The van der Waals surface area contributed by atoms with Crippen LogP contribution >= 0.6 is 0 Å². The Hall–Kier alpha value is -1.58. The highest BCUT2D eigenvalue weighted by molar-refractivity contribution is 5.95.